The highest BCUT2D eigenvalue weighted by Crippen LogP contribution is 2.30. The van der Waals surface area contributed by atoms with E-state index in [0.717, 1.165) is 20.9 Å². The summed E-state index contributed by atoms with van der Waals surface area (Å²) >= 11 is 8.82. The highest BCUT2D eigenvalue weighted by atomic mass is 35.5. The van der Waals surface area contributed by atoms with Crippen LogP contribution >= 0.6 is 34.3 Å². The van der Waals surface area contributed by atoms with Crippen molar-refractivity contribution in [2.75, 3.05) is 13.1 Å². The van der Waals surface area contributed by atoms with E-state index >= 15 is 0 Å². The number of hydroxylamine groups is 1. The van der Waals surface area contributed by atoms with Crippen molar-refractivity contribution in [2.24, 2.45) is 11.6 Å². The largest absolute Gasteiger partial charge is 0.395 e. The minimum atomic E-state index is -1.04. The van der Waals surface area contributed by atoms with E-state index in [4.69, 9.17) is 32.8 Å². The van der Waals surface area contributed by atoms with Crippen molar-refractivity contribution >= 4 is 50.2 Å². The average Bonchev–Trinajstić information content (AvgIpc) is 3.64. The smallest absolute Gasteiger partial charge is 0.142 e. The lowest BCUT2D eigenvalue weighted by molar-refractivity contribution is -0.103. The number of aliphatic hydroxyl groups is 1. The quantitative estimate of drug-likeness (QED) is 0.177. The second-order valence-electron chi connectivity index (χ2n) is 8.64. The van der Waals surface area contributed by atoms with Crippen molar-refractivity contribution in [2.45, 2.75) is 38.3 Å². The molecule has 4 heterocycles. The molecule has 1 aliphatic rings. The number of aromatic nitrogens is 4. The molecule has 0 spiro atoms. The lowest BCUT2D eigenvalue weighted by atomic mass is 10.1. The molecule has 4 aromatic rings. The second-order valence-corrected chi connectivity index (χ2v) is 11.1. The molecule has 0 bridgehead atoms. The first-order chi connectivity index (χ1) is 17.8. The summed E-state index contributed by atoms with van der Waals surface area (Å²) < 4.78 is 9.22. The summed E-state index contributed by atoms with van der Waals surface area (Å²) in [7, 11) is 0. The van der Waals surface area contributed by atoms with Crippen LogP contribution in [0.3, 0.4) is 0 Å². The van der Waals surface area contributed by atoms with Gasteiger partial charge in [0.25, 0.3) is 0 Å². The molecule has 14 heteroatoms. The number of aryl methyl sites for hydroxylation is 1. The first-order valence-corrected chi connectivity index (χ1v) is 13.6. The van der Waals surface area contributed by atoms with E-state index in [1.165, 1.54) is 22.5 Å². The number of rotatable bonds is 9. The summed E-state index contributed by atoms with van der Waals surface area (Å²) in [6.07, 6.45) is 0.882. The topological polar surface area (TPSA) is 150 Å². The lowest BCUT2D eigenvalue weighted by Gasteiger charge is -2.29. The molecule has 11 nitrogen and oxygen atoms in total. The van der Waals surface area contributed by atoms with Crippen LogP contribution < -0.4 is 17.1 Å². The Morgan fingerprint density at radius 3 is 3.00 bits per heavy atom. The average molecular weight is 563 g/mol. The Hall–Kier alpha value is -2.62. The fourth-order valence-electron chi connectivity index (χ4n) is 4.10. The number of nitrogens with two attached hydrogens (primary N) is 2. The van der Waals surface area contributed by atoms with Gasteiger partial charge in [-0.3, -0.25) is 4.84 Å². The van der Waals surface area contributed by atoms with Gasteiger partial charge in [0.05, 0.1) is 38.8 Å². The third-order valence-corrected chi connectivity index (χ3v) is 8.01. The summed E-state index contributed by atoms with van der Waals surface area (Å²) in [5.74, 6) is 6.20. The van der Waals surface area contributed by atoms with Gasteiger partial charge in [-0.05, 0) is 38.1 Å². The molecule has 1 aromatic carbocycles. The molecule has 1 aliphatic heterocycles. The van der Waals surface area contributed by atoms with E-state index in [0.29, 0.717) is 28.1 Å². The number of fused-ring (bicyclic) bond motifs is 1. The van der Waals surface area contributed by atoms with Gasteiger partial charge in [0, 0.05) is 24.3 Å². The van der Waals surface area contributed by atoms with Crippen LogP contribution in [-0.2, 0) is 9.57 Å². The van der Waals surface area contributed by atoms with Crippen LogP contribution in [0.5, 0.6) is 0 Å². The van der Waals surface area contributed by atoms with Gasteiger partial charge >= 0.3 is 0 Å². The summed E-state index contributed by atoms with van der Waals surface area (Å²) in [6, 6.07) is 7.76. The number of hydrazine groups is 1. The Labute approximate surface area is 226 Å². The van der Waals surface area contributed by atoms with Gasteiger partial charge in [0.2, 0.25) is 0 Å². The number of nitrogens with zero attached hydrogens (tertiary/aromatic N) is 5. The summed E-state index contributed by atoms with van der Waals surface area (Å²) in [5, 5.41) is 20.8. The minimum absolute atomic E-state index is 0.0259. The normalized spacial score (nSPS) is 20.0. The number of ether oxygens (including phenoxy) is 1. The third kappa shape index (κ3) is 5.78. The first-order valence-electron chi connectivity index (χ1n) is 11.5. The zero-order chi connectivity index (χ0) is 26.1. The van der Waals surface area contributed by atoms with Crippen LogP contribution in [-0.4, -0.2) is 61.3 Å². The molecule has 1 saturated heterocycles. The van der Waals surface area contributed by atoms with Gasteiger partial charge in [-0.25, -0.2) is 20.5 Å². The molecule has 0 saturated carbocycles. The molecule has 196 valence electrons. The van der Waals surface area contributed by atoms with Crippen LogP contribution in [0.25, 0.3) is 21.6 Å². The highest BCUT2D eigenvalue weighted by Gasteiger charge is 2.34. The molecule has 6 N–H and O–H groups in total. The second kappa shape index (κ2) is 11.0. The number of nitrogens with one attached hydrogen (secondary N) is 1. The van der Waals surface area contributed by atoms with E-state index < -0.39 is 12.2 Å². The van der Waals surface area contributed by atoms with E-state index in [1.54, 1.807) is 27.6 Å². The number of thiazole rings is 2. The summed E-state index contributed by atoms with van der Waals surface area (Å²) in [4.78, 5) is 14.1. The van der Waals surface area contributed by atoms with Gasteiger partial charge in [-0.1, -0.05) is 11.6 Å². The summed E-state index contributed by atoms with van der Waals surface area (Å²) in [6.45, 7) is 4.39. The Morgan fingerprint density at radius 2 is 2.27 bits per heavy atom. The molecule has 3 aromatic heterocycles. The van der Waals surface area contributed by atoms with E-state index in [9.17, 15) is 5.11 Å². The molecular formula is C23H27ClN8O3S2. The maximum absolute atomic E-state index is 11.4. The number of benzene rings is 1. The van der Waals surface area contributed by atoms with Gasteiger partial charge < -0.3 is 20.6 Å². The lowest BCUT2D eigenvalue weighted by Crippen LogP contribution is -2.41. The molecule has 1 fully saturated rings. The predicted octanol–water partition coefficient (Wildman–Crippen LogP) is 2.74. The van der Waals surface area contributed by atoms with E-state index in [2.05, 4.69) is 20.5 Å². The molecule has 5 rings (SSSR count). The number of halogens is 1. The third-order valence-electron chi connectivity index (χ3n) is 5.86. The Balaban J connectivity index is 1.42. The minimum Gasteiger partial charge on any atom is -0.395 e. The van der Waals surface area contributed by atoms with Crippen molar-refractivity contribution in [3.8, 4) is 5.69 Å². The zero-order valence-electron chi connectivity index (χ0n) is 20.1. The number of hydrogen-bond acceptors (Lipinski definition) is 12. The molecule has 3 unspecified atom stereocenters. The monoisotopic (exact) mass is 562 g/mol. The Kier molecular flexibility index (Phi) is 7.74. The molecule has 37 heavy (non-hydrogen) atoms. The molecular weight excluding hydrogens is 536 g/mol. The first kappa shape index (κ1) is 26.0. The maximum atomic E-state index is 11.4. The van der Waals surface area contributed by atoms with E-state index in [1.807, 2.05) is 38.1 Å². The fraction of sp³-hybridized carbons (Fsp3) is 0.348. The van der Waals surface area contributed by atoms with Crippen LogP contribution in [0.15, 0.2) is 42.0 Å². The SMILES string of the molecule is Cc1nc2ccc(-n3nccc3C(OC3CNOC3C)[C@@H](O)CN(N)/C=C(\N)c3nc(Cl)cs3)cc2s1. The molecule has 0 amide bonds. The standard InChI is InChI=1S/C23H27ClN8O3S2/c1-12-19(8-28-35-12)34-22(18(33)10-31(26)9-15(25)23-30-21(24)11-36-23)17-5-6-27-32(17)14-3-4-16-20(7-14)37-13(2)29-16/h3-7,9,11-12,18-19,22,28,33H,8,10,25-26H2,1-2H3/b15-9-/t12?,18-,19?,22?/m0/s1. The highest BCUT2D eigenvalue weighted by molar-refractivity contribution is 7.18. The number of aliphatic hydroxyl groups excluding tert-OH is 1. The van der Waals surface area contributed by atoms with E-state index in [-0.39, 0.29) is 18.8 Å². The molecule has 4 atom stereocenters. The number of hydrogen-bond donors (Lipinski definition) is 4. The molecule has 0 radical (unpaired) electrons. The van der Waals surface area contributed by atoms with Crippen molar-refractivity contribution in [1.82, 2.24) is 30.2 Å². The molecule has 0 aliphatic carbocycles. The van der Waals surface area contributed by atoms with Gasteiger partial charge in [0.15, 0.2) is 0 Å². The summed E-state index contributed by atoms with van der Waals surface area (Å²) in [5.41, 5.74) is 11.8. The van der Waals surface area contributed by atoms with Crippen LogP contribution in [0.2, 0.25) is 5.15 Å². The predicted molar refractivity (Wildman–Crippen MR) is 144 cm³/mol. The van der Waals surface area contributed by atoms with Gasteiger partial charge in [-0.15, -0.1) is 22.7 Å². The van der Waals surface area contributed by atoms with Crippen molar-refractivity contribution in [3.63, 3.8) is 0 Å². The van der Waals surface area contributed by atoms with Crippen molar-refractivity contribution in [1.29, 1.82) is 0 Å². The van der Waals surface area contributed by atoms with Crippen LogP contribution in [0.1, 0.15) is 28.7 Å². The van der Waals surface area contributed by atoms with Gasteiger partial charge in [0.1, 0.15) is 34.6 Å². The maximum Gasteiger partial charge on any atom is 0.142 e. The van der Waals surface area contributed by atoms with Crippen molar-refractivity contribution in [3.05, 3.63) is 62.9 Å². The van der Waals surface area contributed by atoms with Gasteiger partial charge in [-0.2, -0.15) is 10.6 Å². The fourth-order valence-corrected chi connectivity index (χ4v) is 5.83. The van der Waals surface area contributed by atoms with Crippen LogP contribution in [0, 0.1) is 6.92 Å². The Bertz CT molecular complexity index is 1410. The van der Waals surface area contributed by atoms with Crippen LogP contribution in [0.4, 0.5) is 0 Å². The Morgan fingerprint density at radius 1 is 1.43 bits per heavy atom. The zero-order valence-corrected chi connectivity index (χ0v) is 22.5. The van der Waals surface area contributed by atoms with Crippen molar-refractivity contribution < 1.29 is 14.7 Å².